The third-order valence-electron chi connectivity index (χ3n) is 4.83. The molecule has 2 heterocycles. The molecular weight excluding hydrogens is 359 g/mol. The number of rotatable bonds is 4. The van der Waals surface area contributed by atoms with Gasteiger partial charge in [0, 0.05) is 24.7 Å². The van der Waals surface area contributed by atoms with Crippen molar-refractivity contribution in [2.45, 2.75) is 18.9 Å². The lowest BCUT2D eigenvalue weighted by atomic mass is 9.89. The van der Waals surface area contributed by atoms with Crippen LogP contribution in [0.15, 0.2) is 54.6 Å². The summed E-state index contributed by atoms with van der Waals surface area (Å²) in [5, 5.41) is 9.93. The SMILES string of the molecule is CN(Cc1cc(-c2ccccc2)n[nH]1)C(=O)[C@@H]1CC(=O)Nc2ccc(F)cc21. The largest absolute Gasteiger partial charge is 0.339 e. The van der Waals surface area contributed by atoms with Gasteiger partial charge >= 0.3 is 0 Å². The Hall–Kier alpha value is -3.48. The van der Waals surface area contributed by atoms with Crippen molar-refractivity contribution in [3.8, 4) is 11.3 Å². The topological polar surface area (TPSA) is 78.1 Å². The molecule has 0 radical (unpaired) electrons. The molecule has 6 nitrogen and oxygen atoms in total. The summed E-state index contributed by atoms with van der Waals surface area (Å²) < 4.78 is 13.7. The van der Waals surface area contributed by atoms with Gasteiger partial charge in [-0.05, 0) is 29.8 Å². The normalized spacial score (nSPS) is 15.6. The molecule has 0 fully saturated rings. The second kappa shape index (κ2) is 7.26. The molecule has 0 unspecified atom stereocenters. The average Bonchev–Trinajstić information content (AvgIpc) is 3.16. The van der Waals surface area contributed by atoms with Crippen LogP contribution in [0.5, 0.6) is 0 Å². The van der Waals surface area contributed by atoms with Crippen LogP contribution in [0.2, 0.25) is 0 Å². The average molecular weight is 378 g/mol. The number of hydrogen-bond donors (Lipinski definition) is 2. The van der Waals surface area contributed by atoms with Gasteiger partial charge in [0.1, 0.15) is 5.82 Å². The zero-order chi connectivity index (χ0) is 19.7. The fourth-order valence-corrected chi connectivity index (χ4v) is 3.45. The molecule has 0 spiro atoms. The van der Waals surface area contributed by atoms with E-state index < -0.39 is 11.7 Å². The van der Waals surface area contributed by atoms with E-state index in [0.717, 1.165) is 17.0 Å². The summed E-state index contributed by atoms with van der Waals surface area (Å²) in [5.41, 5.74) is 3.53. The molecule has 4 rings (SSSR count). The molecule has 2 amide bonds. The predicted octanol–water partition coefficient (Wildman–Crippen LogP) is 3.30. The van der Waals surface area contributed by atoms with Crippen LogP contribution < -0.4 is 5.32 Å². The number of carbonyl (C=O) groups is 2. The standard InChI is InChI=1S/C21H19FN4O2/c1-26(12-15-10-19(25-24-15)13-5-3-2-4-6-13)21(28)17-11-20(27)23-18-8-7-14(22)9-16(17)18/h2-10,17H,11-12H2,1H3,(H,23,27)(H,24,25)/t17-/m1/s1. The minimum Gasteiger partial charge on any atom is -0.339 e. The third-order valence-corrected chi connectivity index (χ3v) is 4.83. The number of amides is 2. The van der Waals surface area contributed by atoms with E-state index in [1.807, 2.05) is 36.4 Å². The van der Waals surface area contributed by atoms with E-state index in [1.54, 1.807) is 7.05 Å². The molecule has 0 saturated carbocycles. The lowest BCUT2D eigenvalue weighted by Crippen LogP contribution is -2.36. The predicted molar refractivity (Wildman–Crippen MR) is 103 cm³/mol. The van der Waals surface area contributed by atoms with Crippen LogP contribution in [-0.2, 0) is 16.1 Å². The van der Waals surface area contributed by atoms with Crippen molar-refractivity contribution in [1.82, 2.24) is 15.1 Å². The van der Waals surface area contributed by atoms with Crippen LogP contribution in [0.4, 0.5) is 10.1 Å². The fourth-order valence-electron chi connectivity index (χ4n) is 3.45. The van der Waals surface area contributed by atoms with E-state index in [0.29, 0.717) is 17.8 Å². The number of anilines is 1. The van der Waals surface area contributed by atoms with Crippen molar-refractivity contribution in [3.63, 3.8) is 0 Å². The Morgan fingerprint density at radius 1 is 1.21 bits per heavy atom. The summed E-state index contributed by atoms with van der Waals surface area (Å²) in [6.45, 7) is 0.307. The molecule has 1 aliphatic heterocycles. The van der Waals surface area contributed by atoms with Crippen LogP contribution in [0, 0.1) is 5.82 Å². The second-order valence-corrected chi connectivity index (χ2v) is 6.88. The Morgan fingerprint density at radius 3 is 2.79 bits per heavy atom. The first kappa shape index (κ1) is 17.9. The Labute approximate surface area is 161 Å². The maximum atomic E-state index is 13.7. The highest BCUT2D eigenvalue weighted by Gasteiger charge is 2.33. The van der Waals surface area contributed by atoms with Crippen molar-refractivity contribution >= 4 is 17.5 Å². The van der Waals surface area contributed by atoms with E-state index in [4.69, 9.17) is 0 Å². The number of likely N-dealkylation sites (N-methyl/N-ethyl adjacent to an activating group) is 1. The van der Waals surface area contributed by atoms with Crippen LogP contribution in [0.3, 0.4) is 0 Å². The number of nitrogens with zero attached hydrogens (tertiary/aromatic N) is 2. The third kappa shape index (κ3) is 3.51. The smallest absolute Gasteiger partial charge is 0.230 e. The lowest BCUT2D eigenvalue weighted by Gasteiger charge is -2.28. The summed E-state index contributed by atoms with van der Waals surface area (Å²) in [7, 11) is 1.66. The monoisotopic (exact) mass is 378 g/mol. The van der Waals surface area contributed by atoms with Gasteiger partial charge in [-0.1, -0.05) is 30.3 Å². The molecule has 7 heteroatoms. The first-order valence-electron chi connectivity index (χ1n) is 8.95. The minimum absolute atomic E-state index is 0.00211. The zero-order valence-corrected chi connectivity index (χ0v) is 15.3. The van der Waals surface area contributed by atoms with Gasteiger partial charge in [-0.15, -0.1) is 0 Å². The van der Waals surface area contributed by atoms with Gasteiger partial charge < -0.3 is 10.2 Å². The Balaban J connectivity index is 1.52. The maximum Gasteiger partial charge on any atom is 0.230 e. The molecule has 1 aromatic heterocycles. The summed E-state index contributed by atoms with van der Waals surface area (Å²) in [5.74, 6) is -1.63. The number of carbonyl (C=O) groups excluding carboxylic acids is 2. The summed E-state index contributed by atoms with van der Waals surface area (Å²) in [6, 6.07) is 15.7. The van der Waals surface area contributed by atoms with E-state index in [9.17, 15) is 14.0 Å². The Bertz CT molecular complexity index is 1030. The first-order valence-corrected chi connectivity index (χ1v) is 8.95. The molecule has 1 atom stereocenters. The first-order chi connectivity index (χ1) is 13.5. The molecule has 142 valence electrons. The molecule has 2 N–H and O–H groups in total. The van der Waals surface area contributed by atoms with Gasteiger partial charge in [0.2, 0.25) is 11.8 Å². The Kier molecular flexibility index (Phi) is 4.65. The molecule has 3 aromatic rings. The van der Waals surface area contributed by atoms with E-state index in [1.165, 1.54) is 23.1 Å². The molecule has 1 aliphatic rings. The number of aromatic nitrogens is 2. The Morgan fingerprint density at radius 2 is 2.00 bits per heavy atom. The van der Waals surface area contributed by atoms with Gasteiger partial charge in [0.15, 0.2) is 0 Å². The van der Waals surface area contributed by atoms with Crippen LogP contribution in [0.1, 0.15) is 23.6 Å². The van der Waals surface area contributed by atoms with E-state index in [2.05, 4.69) is 15.5 Å². The number of hydrogen-bond acceptors (Lipinski definition) is 3. The summed E-state index contributed by atoms with van der Waals surface area (Å²) >= 11 is 0. The number of aromatic amines is 1. The van der Waals surface area contributed by atoms with Crippen LogP contribution in [0.25, 0.3) is 11.3 Å². The maximum absolute atomic E-state index is 13.7. The highest BCUT2D eigenvalue weighted by Crippen LogP contribution is 2.34. The summed E-state index contributed by atoms with van der Waals surface area (Å²) in [4.78, 5) is 26.5. The van der Waals surface area contributed by atoms with Gasteiger partial charge in [-0.25, -0.2) is 4.39 Å². The molecular formula is C21H19FN4O2. The van der Waals surface area contributed by atoms with Crippen molar-refractivity contribution in [1.29, 1.82) is 0 Å². The van der Waals surface area contributed by atoms with Crippen molar-refractivity contribution in [2.75, 3.05) is 12.4 Å². The quantitative estimate of drug-likeness (QED) is 0.731. The van der Waals surface area contributed by atoms with Crippen molar-refractivity contribution < 1.29 is 14.0 Å². The van der Waals surface area contributed by atoms with Crippen molar-refractivity contribution in [3.05, 3.63) is 71.7 Å². The molecule has 0 bridgehead atoms. The minimum atomic E-state index is -0.707. The van der Waals surface area contributed by atoms with Gasteiger partial charge in [-0.3, -0.25) is 14.7 Å². The van der Waals surface area contributed by atoms with Crippen molar-refractivity contribution in [2.24, 2.45) is 0 Å². The van der Waals surface area contributed by atoms with Gasteiger partial charge in [0.25, 0.3) is 0 Å². The highest BCUT2D eigenvalue weighted by atomic mass is 19.1. The molecule has 28 heavy (non-hydrogen) atoms. The van der Waals surface area contributed by atoms with E-state index >= 15 is 0 Å². The zero-order valence-electron chi connectivity index (χ0n) is 15.3. The van der Waals surface area contributed by atoms with Crippen LogP contribution >= 0.6 is 0 Å². The summed E-state index contributed by atoms with van der Waals surface area (Å²) in [6.07, 6.45) is -0.00211. The molecule has 0 saturated heterocycles. The van der Waals surface area contributed by atoms with E-state index in [-0.39, 0.29) is 18.2 Å². The number of halogens is 1. The number of fused-ring (bicyclic) bond motifs is 1. The molecule has 0 aliphatic carbocycles. The fraction of sp³-hybridized carbons (Fsp3) is 0.190. The molecule has 2 aromatic carbocycles. The lowest BCUT2D eigenvalue weighted by molar-refractivity contribution is -0.134. The highest BCUT2D eigenvalue weighted by molar-refractivity contribution is 6.01. The van der Waals surface area contributed by atoms with Gasteiger partial charge in [-0.2, -0.15) is 5.10 Å². The van der Waals surface area contributed by atoms with Gasteiger partial charge in [0.05, 0.1) is 23.9 Å². The van der Waals surface area contributed by atoms with Crippen LogP contribution in [-0.4, -0.2) is 34.0 Å². The second-order valence-electron chi connectivity index (χ2n) is 6.88. The number of benzene rings is 2. The number of H-pyrrole nitrogens is 1. The number of nitrogens with one attached hydrogen (secondary N) is 2.